The lowest BCUT2D eigenvalue weighted by Gasteiger charge is -2.12. The Kier molecular flexibility index (Phi) is 6.03. The Bertz CT molecular complexity index is 485. The molecule has 0 aliphatic rings. The van der Waals surface area contributed by atoms with Crippen molar-refractivity contribution >= 4 is 11.9 Å². The summed E-state index contributed by atoms with van der Waals surface area (Å²) in [7, 11) is 1.54. The Hall–Kier alpha value is -2.04. The number of nitrogens with one attached hydrogen (secondary N) is 1. The lowest BCUT2D eigenvalue weighted by Crippen LogP contribution is -2.35. The summed E-state index contributed by atoms with van der Waals surface area (Å²) in [6.07, 6.45) is 0.828. The van der Waals surface area contributed by atoms with E-state index >= 15 is 0 Å². The second kappa shape index (κ2) is 7.53. The van der Waals surface area contributed by atoms with Crippen molar-refractivity contribution in [3.8, 4) is 5.75 Å². The van der Waals surface area contributed by atoms with Gasteiger partial charge in [0.2, 0.25) is 0 Å². The topological polar surface area (TPSA) is 64.6 Å². The highest BCUT2D eigenvalue weighted by Crippen LogP contribution is 2.19. The standard InChI is InChI=1S/C15H21NO4/c1-5-11(3)16-14(17)9-20-15(18)12-7-6-10(2)13(8-12)19-4/h6-8,11H,5,9H2,1-4H3,(H,16,17)/t11-/m0/s1. The van der Waals surface area contributed by atoms with Crippen LogP contribution in [0.3, 0.4) is 0 Å². The van der Waals surface area contributed by atoms with Crippen LogP contribution in [0.1, 0.15) is 36.2 Å². The predicted octanol–water partition coefficient (Wildman–Crippen LogP) is 2.08. The Labute approximate surface area is 119 Å². The molecule has 0 fully saturated rings. The average Bonchev–Trinajstić information content (AvgIpc) is 2.45. The number of rotatable bonds is 6. The van der Waals surface area contributed by atoms with E-state index < -0.39 is 5.97 Å². The van der Waals surface area contributed by atoms with Gasteiger partial charge in [-0.2, -0.15) is 0 Å². The minimum Gasteiger partial charge on any atom is -0.496 e. The molecule has 0 radical (unpaired) electrons. The molecule has 5 heteroatoms. The molecule has 1 amide bonds. The van der Waals surface area contributed by atoms with Crippen LogP contribution >= 0.6 is 0 Å². The molecule has 1 aromatic carbocycles. The highest BCUT2D eigenvalue weighted by Gasteiger charge is 2.13. The van der Waals surface area contributed by atoms with Crippen molar-refractivity contribution in [1.82, 2.24) is 5.32 Å². The largest absolute Gasteiger partial charge is 0.496 e. The first kappa shape index (κ1) is 16.0. The van der Waals surface area contributed by atoms with Crippen molar-refractivity contribution in [3.05, 3.63) is 29.3 Å². The molecular formula is C15H21NO4. The molecular weight excluding hydrogens is 258 g/mol. The molecule has 0 saturated heterocycles. The van der Waals surface area contributed by atoms with Gasteiger partial charge in [0.25, 0.3) is 5.91 Å². The molecule has 1 atom stereocenters. The fraction of sp³-hybridized carbons (Fsp3) is 0.467. The van der Waals surface area contributed by atoms with Gasteiger partial charge in [-0.1, -0.05) is 13.0 Å². The molecule has 1 rings (SSSR count). The molecule has 0 heterocycles. The fourth-order valence-electron chi connectivity index (χ4n) is 1.58. The molecule has 0 bridgehead atoms. The van der Waals surface area contributed by atoms with Crippen LogP contribution in [0.5, 0.6) is 5.75 Å². The number of amides is 1. The normalized spacial score (nSPS) is 11.6. The summed E-state index contributed by atoms with van der Waals surface area (Å²) in [5, 5.41) is 2.73. The van der Waals surface area contributed by atoms with E-state index in [9.17, 15) is 9.59 Å². The minimum atomic E-state index is -0.539. The predicted molar refractivity (Wildman–Crippen MR) is 75.9 cm³/mol. The first-order valence-electron chi connectivity index (χ1n) is 6.59. The van der Waals surface area contributed by atoms with E-state index in [1.807, 2.05) is 20.8 Å². The molecule has 0 unspecified atom stereocenters. The van der Waals surface area contributed by atoms with Crippen molar-refractivity contribution in [2.24, 2.45) is 0 Å². The minimum absolute atomic E-state index is 0.0701. The molecule has 0 saturated carbocycles. The van der Waals surface area contributed by atoms with Crippen molar-refractivity contribution in [3.63, 3.8) is 0 Å². The van der Waals surface area contributed by atoms with E-state index in [4.69, 9.17) is 9.47 Å². The number of esters is 1. The van der Waals surface area contributed by atoms with Gasteiger partial charge < -0.3 is 14.8 Å². The van der Waals surface area contributed by atoms with Gasteiger partial charge in [0.1, 0.15) is 5.75 Å². The van der Waals surface area contributed by atoms with Crippen LogP contribution in [0, 0.1) is 6.92 Å². The fourth-order valence-corrected chi connectivity index (χ4v) is 1.58. The van der Waals surface area contributed by atoms with E-state index in [0.717, 1.165) is 12.0 Å². The molecule has 0 aliphatic heterocycles. The van der Waals surface area contributed by atoms with Gasteiger partial charge in [0, 0.05) is 6.04 Å². The van der Waals surface area contributed by atoms with E-state index in [1.54, 1.807) is 18.2 Å². The summed E-state index contributed by atoms with van der Waals surface area (Å²) < 4.78 is 10.1. The summed E-state index contributed by atoms with van der Waals surface area (Å²) in [5.41, 5.74) is 1.29. The Balaban J connectivity index is 2.57. The van der Waals surface area contributed by atoms with Crippen molar-refractivity contribution in [1.29, 1.82) is 0 Å². The maximum Gasteiger partial charge on any atom is 0.338 e. The van der Waals surface area contributed by atoms with Crippen LogP contribution in [-0.2, 0) is 9.53 Å². The number of aryl methyl sites for hydroxylation is 1. The molecule has 0 aromatic heterocycles. The molecule has 1 aromatic rings. The zero-order valence-electron chi connectivity index (χ0n) is 12.4. The first-order valence-corrected chi connectivity index (χ1v) is 6.59. The number of carbonyl (C=O) groups is 2. The van der Waals surface area contributed by atoms with Crippen LogP contribution < -0.4 is 10.1 Å². The van der Waals surface area contributed by atoms with Crippen LogP contribution in [0.15, 0.2) is 18.2 Å². The Morgan fingerprint density at radius 2 is 2.05 bits per heavy atom. The van der Waals surface area contributed by atoms with Gasteiger partial charge >= 0.3 is 5.97 Å². The monoisotopic (exact) mass is 279 g/mol. The highest BCUT2D eigenvalue weighted by molar-refractivity contribution is 5.91. The quantitative estimate of drug-likeness (QED) is 0.810. The Morgan fingerprint density at radius 3 is 2.65 bits per heavy atom. The molecule has 0 aliphatic carbocycles. The van der Waals surface area contributed by atoms with Gasteiger partial charge in [-0.05, 0) is 38.0 Å². The van der Waals surface area contributed by atoms with Gasteiger partial charge in [0.15, 0.2) is 6.61 Å². The summed E-state index contributed by atoms with van der Waals surface area (Å²) in [4.78, 5) is 23.3. The zero-order chi connectivity index (χ0) is 15.1. The molecule has 110 valence electrons. The van der Waals surface area contributed by atoms with Crippen LogP contribution in [0.2, 0.25) is 0 Å². The van der Waals surface area contributed by atoms with E-state index in [-0.39, 0.29) is 18.6 Å². The summed E-state index contributed by atoms with van der Waals surface area (Å²) in [6, 6.07) is 5.09. The third-order valence-electron chi connectivity index (χ3n) is 3.00. The Morgan fingerprint density at radius 1 is 1.35 bits per heavy atom. The SMILES string of the molecule is CC[C@H](C)NC(=O)COC(=O)c1ccc(C)c(OC)c1. The third kappa shape index (κ3) is 4.57. The van der Waals surface area contributed by atoms with E-state index in [0.29, 0.717) is 11.3 Å². The summed E-state index contributed by atoms with van der Waals surface area (Å²) in [6.45, 7) is 5.47. The molecule has 1 N–H and O–H groups in total. The number of ether oxygens (including phenoxy) is 2. The number of hydrogen-bond acceptors (Lipinski definition) is 4. The summed E-state index contributed by atoms with van der Waals surface area (Å²) in [5.74, 6) is -0.224. The lowest BCUT2D eigenvalue weighted by molar-refractivity contribution is -0.124. The van der Waals surface area contributed by atoms with E-state index in [1.165, 1.54) is 7.11 Å². The van der Waals surface area contributed by atoms with Gasteiger partial charge in [-0.15, -0.1) is 0 Å². The number of methoxy groups -OCH3 is 1. The van der Waals surface area contributed by atoms with Crippen molar-refractivity contribution in [2.75, 3.05) is 13.7 Å². The second-order valence-corrected chi connectivity index (χ2v) is 4.64. The number of carbonyl (C=O) groups excluding carboxylic acids is 2. The number of hydrogen-bond donors (Lipinski definition) is 1. The first-order chi connectivity index (χ1) is 9.47. The summed E-state index contributed by atoms with van der Waals surface area (Å²) >= 11 is 0. The van der Waals surface area contributed by atoms with Crippen LogP contribution in [0.25, 0.3) is 0 Å². The molecule has 20 heavy (non-hydrogen) atoms. The second-order valence-electron chi connectivity index (χ2n) is 4.64. The third-order valence-corrected chi connectivity index (χ3v) is 3.00. The van der Waals surface area contributed by atoms with Gasteiger partial charge in [0.05, 0.1) is 12.7 Å². The van der Waals surface area contributed by atoms with Crippen LogP contribution in [-0.4, -0.2) is 31.6 Å². The molecule has 0 spiro atoms. The smallest absolute Gasteiger partial charge is 0.338 e. The number of benzene rings is 1. The zero-order valence-corrected chi connectivity index (χ0v) is 12.4. The maximum atomic E-state index is 11.8. The highest BCUT2D eigenvalue weighted by atomic mass is 16.5. The van der Waals surface area contributed by atoms with Crippen molar-refractivity contribution in [2.45, 2.75) is 33.2 Å². The molecule has 5 nitrogen and oxygen atoms in total. The van der Waals surface area contributed by atoms with Gasteiger partial charge in [-0.3, -0.25) is 4.79 Å². The lowest BCUT2D eigenvalue weighted by atomic mass is 10.1. The maximum absolute atomic E-state index is 11.8. The van der Waals surface area contributed by atoms with Crippen molar-refractivity contribution < 1.29 is 19.1 Å². The van der Waals surface area contributed by atoms with Gasteiger partial charge in [-0.25, -0.2) is 4.79 Å². The average molecular weight is 279 g/mol. The van der Waals surface area contributed by atoms with Crippen LogP contribution in [0.4, 0.5) is 0 Å². The van der Waals surface area contributed by atoms with E-state index in [2.05, 4.69) is 5.32 Å².